The molecule has 0 saturated carbocycles. The quantitative estimate of drug-likeness (QED) is 0.593. The number of ether oxygens (including phenoxy) is 2. The van der Waals surface area contributed by atoms with Crippen LogP contribution < -0.4 is 10.1 Å². The molecule has 2 rings (SSSR count). The highest BCUT2D eigenvalue weighted by atomic mass is 127. The summed E-state index contributed by atoms with van der Waals surface area (Å²) in [5.41, 5.74) is 1.21. The van der Waals surface area contributed by atoms with Gasteiger partial charge in [0.05, 0.1) is 13.2 Å². The standard InChI is InChI=1S/C14H21N3O2.HI/c1-17-8-7-15-14(17)16-11-12-3-5-13(6-4-12)19-10-9-18-2;/h3-6H,7-11H2,1-2H3,(H,15,16);1H. The average molecular weight is 391 g/mol. The van der Waals surface area contributed by atoms with Gasteiger partial charge in [-0.15, -0.1) is 24.0 Å². The molecule has 5 nitrogen and oxygen atoms in total. The molecule has 0 saturated heterocycles. The van der Waals surface area contributed by atoms with Crippen LogP contribution in [0.5, 0.6) is 5.75 Å². The number of nitrogens with one attached hydrogen (secondary N) is 1. The van der Waals surface area contributed by atoms with Crippen molar-refractivity contribution in [2.24, 2.45) is 4.99 Å². The number of hydrogen-bond acceptors (Lipinski definition) is 5. The SMILES string of the molecule is COCCOc1ccc(CNC2=NCCN2C)cc1.I. The summed E-state index contributed by atoms with van der Waals surface area (Å²) in [7, 11) is 3.71. The van der Waals surface area contributed by atoms with Crippen molar-refractivity contribution in [3.05, 3.63) is 29.8 Å². The number of likely N-dealkylation sites (N-methyl/N-ethyl adjacent to an activating group) is 1. The Balaban J connectivity index is 0.00000200. The van der Waals surface area contributed by atoms with Crippen LogP contribution in [0.15, 0.2) is 29.3 Å². The minimum atomic E-state index is 0. The van der Waals surface area contributed by atoms with Crippen LogP contribution in [0, 0.1) is 0 Å². The van der Waals surface area contributed by atoms with Gasteiger partial charge in [-0.2, -0.15) is 0 Å². The van der Waals surface area contributed by atoms with Crippen molar-refractivity contribution in [3.8, 4) is 5.75 Å². The monoisotopic (exact) mass is 391 g/mol. The van der Waals surface area contributed by atoms with E-state index >= 15 is 0 Å². The van der Waals surface area contributed by atoms with Crippen LogP contribution in [-0.2, 0) is 11.3 Å². The molecule has 1 aliphatic heterocycles. The fraction of sp³-hybridized carbons (Fsp3) is 0.500. The Morgan fingerprint density at radius 1 is 1.25 bits per heavy atom. The summed E-state index contributed by atoms with van der Waals surface area (Å²) >= 11 is 0. The highest BCUT2D eigenvalue weighted by Crippen LogP contribution is 2.12. The lowest BCUT2D eigenvalue weighted by Gasteiger charge is -2.15. The van der Waals surface area contributed by atoms with Gasteiger partial charge in [0, 0.05) is 27.2 Å². The maximum Gasteiger partial charge on any atom is 0.194 e. The summed E-state index contributed by atoms with van der Waals surface area (Å²) in [6, 6.07) is 8.08. The van der Waals surface area contributed by atoms with Gasteiger partial charge in [-0.25, -0.2) is 0 Å². The number of guanidine groups is 1. The molecule has 0 amide bonds. The van der Waals surface area contributed by atoms with Crippen molar-refractivity contribution in [2.45, 2.75) is 6.54 Å². The molecule has 1 aromatic rings. The number of hydrogen-bond donors (Lipinski definition) is 1. The molecule has 20 heavy (non-hydrogen) atoms. The first-order valence-corrected chi connectivity index (χ1v) is 6.50. The molecule has 1 heterocycles. The lowest BCUT2D eigenvalue weighted by Crippen LogP contribution is -2.35. The van der Waals surface area contributed by atoms with E-state index in [1.807, 2.05) is 19.2 Å². The van der Waals surface area contributed by atoms with Crippen molar-refractivity contribution in [1.82, 2.24) is 10.2 Å². The number of benzene rings is 1. The molecule has 112 valence electrons. The zero-order chi connectivity index (χ0) is 13.5. The third-order valence-corrected chi connectivity index (χ3v) is 2.99. The topological polar surface area (TPSA) is 46.1 Å². The summed E-state index contributed by atoms with van der Waals surface area (Å²) in [5, 5.41) is 3.33. The average Bonchev–Trinajstić information content (AvgIpc) is 2.84. The van der Waals surface area contributed by atoms with E-state index in [1.54, 1.807) is 7.11 Å². The van der Waals surface area contributed by atoms with Crippen molar-refractivity contribution >= 4 is 29.9 Å². The zero-order valence-electron chi connectivity index (χ0n) is 12.0. The highest BCUT2D eigenvalue weighted by molar-refractivity contribution is 14.0. The van der Waals surface area contributed by atoms with E-state index in [0.29, 0.717) is 13.2 Å². The third-order valence-electron chi connectivity index (χ3n) is 2.99. The molecular formula is C14H22IN3O2. The van der Waals surface area contributed by atoms with Gasteiger partial charge in [0.25, 0.3) is 0 Å². The highest BCUT2D eigenvalue weighted by Gasteiger charge is 2.10. The Labute approximate surface area is 137 Å². The minimum Gasteiger partial charge on any atom is -0.491 e. The molecule has 1 N–H and O–H groups in total. The van der Waals surface area contributed by atoms with Crippen molar-refractivity contribution in [1.29, 1.82) is 0 Å². The van der Waals surface area contributed by atoms with Crippen molar-refractivity contribution in [3.63, 3.8) is 0 Å². The Morgan fingerprint density at radius 2 is 2.00 bits per heavy atom. The maximum absolute atomic E-state index is 5.52. The van der Waals surface area contributed by atoms with E-state index in [0.717, 1.165) is 31.3 Å². The molecule has 0 unspecified atom stereocenters. The largest absolute Gasteiger partial charge is 0.491 e. The number of halogens is 1. The first kappa shape index (κ1) is 17.0. The Bertz CT molecular complexity index is 423. The second-order valence-electron chi connectivity index (χ2n) is 4.47. The van der Waals surface area contributed by atoms with Crippen LogP contribution in [-0.4, -0.2) is 51.3 Å². The van der Waals surface area contributed by atoms with E-state index < -0.39 is 0 Å². The summed E-state index contributed by atoms with van der Waals surface area (Å²) in [6.07, 6.45) is 0. The van der Waals surface area contributed by atoms with Gasteiger partial charge in [-0.05, 0) is 17.7 Å². The van der Waals surface area contributed by atoms with Crippen LogP contribution in [0.4, 0.5) is 0 Å². The molecule has 0 aliphatic carbocycles. The van der Waals surface area contributed by atoms with Gasteiger partial charge in [-0.1, -0.05) is 12.1 Å². The van der Waals surface area contributed by atoms with Crippen LogP contribution in [0.2, 0.25) is 0 Å². The van der Waals surface area contributed by atoms with Crippen LogP contribution >= 0.6 is 24.0 Å². The van der Waals surface area contributed by atoms with Gasteiger partial charge in [0.15, 0.2) is 5.96 Å². The Morgan fingerprint density at radius 3 is 2.60 bits per heavy atom. The number of nitrogens with zero attached hydrogens (tertiary/aromatic N) is 2. The zero-order valence-corrected chi connectivity index (χ0v) is 14.3. The van der Waals surface area contributed by atoms with Crippen LogP contribution in [0.25, 0.3) is 0 Å². The first-order valence-electron chi connectivity index (χ1n) is 6.50. The third kappa shape index (κ3) is 5.16. The normalized spacial score (nSPS) is 13.7. The Hall–Kier alpha value is -1.02. The fourth-order valence-corrected chi connectivity index (χ4v) is 1.85. The number of rotatable bonds is 6. The Kier molecular flexibility index (Phi) is 7.68. The van der Waals surface area contributed by atoms with E-state index in [9.17, 15) is 0 Å². The van der Waals surface area contributed by atoms with E-state index in [-0.39, 0.29) is 24.0 Å². The summed E-state index contributed by atoms with van der Waals surface area (Å²) in [4.78, 5) is 6.52. The van der Waals surface area contributed by atoms with Gasteiger partial charge in [-0.3, -0.25) is 4.99 Å². The van der Waals surface area contributed by atoms with Gasteiger partial charge in [0.1, 0.15) is 12.4 Å². The maximum atomic E-state index is 5.52. The van der Waals surface area contributed by atoms with Gasteiger partial charge >= 0.3 is 0 Å². The molecule has 0 radical (unpaired) electrons. The molecular weight excluding hydrogens is 369 g/mol. The van der Waals surface area contributed by atoms with Crippen LogP contribution in [0.1, 0.15) is 5.56 Å². The molecule has 0 fully saturated rings. The molecule has 6 heteroatoms. The summed E-state index contributed by atoms with van der Waals surface area (Å²) in [6.45, 7) is 3.84. The van der Waals surface area contributed by atoms with Crippen LogP contribution in [0.3, 0.4) is 0 Å². The molecule has 0 atom stereocenters. The number of methoxy groups -OCH3 is 1. The summed E-state index contributed by atoms with van der Waals surface area (Å²) in [5.74, 6) is 1.84. The summed E-state index contributed by atoms with van der Waals surface area (Å²) < 4.78 is 10.5. The van der Waals surface area contributed by atoms with E-state index in [4.69, 9.17) is 9.47 Å². The predicted octanol–water partition coefficient (Wildman–Crippen LogP) is 1.72. The van der Waals surface area contributed by atoms with Crippen molar-refractivity contribution < 1.29 is 9.47 Å². The first-order chi connectivity index (χ1) is 9.29. The molecule has 1 aromatic carbocycles. The lowest BCUT2D eigenvalue weighted by atomic mass is 10.2. The number of aliphatic imine (C=N–C) groups is 1. The molecule has 0 bridgehead atoms. The fourth-order valence-electron chi connectivity index (χ4n) is 1.85. The second kappa shape index (κ2) is 9.02. The van der Waals surface area contributed by atoms with Gasteiger partial charge in [0.2, 0.25) is 0 Å². The minimum absolute atomic E-state index is 0. The van der Waals surface area contributed by atoms with E-state index in [2.05, 4.69) is 27.3 Å². The van der Waals surface area contributed by atoms with Gasteiger partial charge < -0.3 is 19.7 Å². The molecule has 0 spiro atoms. The second-order valence-corrected chi connectivity index (χ2v) is 4.47. The molecule has 0 aromatic heterocycles. The predicted molar refractivity (Wildman–Crippen MR) is 91.0 cm³/mol. The molecule has 1 aliphatic rings. The van der Waals surface area contributed by atoms with Crippen molar-refractivity contribution in [2.75, 3.05) is 40.5 Å². The lowest BCUT2D eigenvalue weighted by molar-refractivity contribution is 0.146. The smallest absolute Gasteiger partial charge is 0.194 e. The van der Waals surface area contributed by atoms with E-state index in [1.165, 1.54) is 5.56 Å².